The van der Waals surface area contributed by atoms with E-state index in [1.54, 1.807) is 30.3 Å². The van der Waals surface area contributed by atoms with Crippen molar-refractivity contribution in [2.75, 3.05) is 77.1 Å². The zero-order chi connectivity index (χ0) is 24.9. The van der Waals surface area contributed by atoms with E-state index >= 15 is 0 Å². The molecule has 0 radical (unpaired) electrons. The minimum absolute atomic E-state index is 0.164. The monoisotopic (exact) mass is 483 g/mol. The number of aromatic nitrogens is 2. The predicted octanol–water partition coefficient (Wildman–Crippen LogP) is 1.09. The Morgan fingerprint density at radius 2 is 1.83 bits per heavy atom. The van der Waals surface area contributed by atoms with E-state index in [4.69, 9.17) is 14.2 Å². The molecule has 2 aromatic rings. The summed E-state index contributed by atoms with van der Waals surface area (Å²) in [5, 5.41) is 9.19. The topological polar surface area (TPSA) is 130 Å². The molecule has 0 atom stereocenters. The minimum Gasteiger partial charge on any atom is -0.493 e. The number of carbonyl (C=O) groups is 2. The summed E-state index contributed by atoms with van der Waals surface area (Å²) in [6.07, 6.45) is 2.99. The molecule has 4 rings (SSSR count). The number of fused-ring (bicyclic) bond motifs is 2. The number of rotatable bonds is 2. The van der Waals surface area contributed by atoms with E-state index in [0.717, 1.165) is 0 Å². The summed E-state index contributed by atoms with van der Waals surface area (Å²) in [5.41, 5.74) is 1.55. The Bertz CT molecular complexity index is 1150. The van der Waals surface area contributed by atoms with Crippen LogP contribution in [0.25, 0.3) is 5.57 Å². The van der Waals surface area contributed by atoms with Gasteiger partial charge in [0.1, 0.15) is 18.0 Å². The number of nitrogens with zero attached hydrogens (tertiary/aromatic N) is 4. The summed E-state index contributed by atoms with van der Waals surface area (Å²) in [4.78, 5) is 37.6. The second-order valence-electron chi connectivity index (χ2n) is 8.15. The van der Waals surface area contributed by atoms with Crippen LogP contribution in [0.4, 0.5) is 17.3 Å². The van der Waals surface area contributed by atoms with Crippen molar-refractivity contribution in [3.63, 3.8) is 0 Å². The highest BCUT2D eigenvalue weighted by Crippen LogP contribution is 2.41. The van der Waals surface area contributed by atoms with Crippen molar-refractivity contribution < 1.29 is 23.8 Å². The summed E-state index contributed by atoms with van der Waals surface area (Å²) in [6.45, 7) is 2.34. The molecule has 0 spiro atoms. The summed E-state index contributed by atoms with van der Waals surface area (Å²) in [7, 11) is 6.72. The number of hydrogen-bond acceptors (Lipinski definition) is 10. The number of benzene rings is 1. The molecule has 1 aromatic heterocycles. The van der Waals surface area contributed by atoms with E-state index < -0.39 is 0 Å². The average molecular weight is 484 g/mol. The third-order valence-electron chi connectivity index (χ3n) is 5.80. The maximum absolute atomic E-state index is 12.7. The van der Waals surface area contributed by atoms with Crippen LogP contribution < -0.4 is 30.2 Å². The van der Waals surface area contributed by atoms with Crippen LogP contribution in [0.2, 0.25) is 0 Å². The van der Waals surface area contributed by atoms with Gasteiger partial charge in [0.2, 0.25) is 5.75 Å². The minimum atomic E-state index is -0.298. The van der Waals surface area contributed by atoms with E-state index in [1.165, 1.54) is 20.5 Å². The molecule has 12 heteroatoms. The smallest absolute Gasteiger partial charge is 0.260 e. The van der Waals surface area contributed by atoms with Crippen LogP contribution in [-0.4, -0.2) is 92.7 Å². The molecule has 186 valence electrons. The van der Waals surface area contributed by atoms with Gasteiger partial charge in [0, 0.05) is 57.2 Å². The van der Waals surface area contributed by atoms with E-state index in [-0.39, 0.29) is 18.4 Å². The number of amides is 2. The first-order valence-corrected chi connectivity index (χ1v) is 11.1. The maximum atomic E-state index is 12.7. The Labute approximate surface area is 203 Å². The van der Waals surface area contributed by atoms with Gasteiger partial charge < -0.3 is 40.0 Å². The highest BCUT2D eigenvalue weighted by atomic mass is 16.5. The molecule has 0 unspecified atom stereocenters. The lowest BCUT2D eigenvalue weighted by Crippen LogP contribution is -2.38. The molecule has 3 N–H and O–H groups in total. The van der Waals surface area contributed by atoms with Crippen molar-refractivity contribution in [2.45, 2.75) is 0 Å². The molecule has 35 heavy (non-hydrogen) atoms. The second-order valence-corrected chi connectivity index (χ2v) is 8.15. The van der Waals surface area contributed by atoms with Crippen LogP contribution in [0.5, 0.6) is 17.2 Å². The highest BCUT2D eigenvalue weighted by molar-refractivity contribution is 6.32. The van der Waals surface area contributed by atoms with Gasteiger partial charge in [0.15, 0.2) is 18.1 Å². The molecule has 0 saturated carbocycles. The Balaban J connectivity index is 1.73. The van der Waals surface area contributed by atoms with Gasteiger partial charge in [-0.25, -0.2) is 9.97 Å². The summed E-state index contributed by atoms with van der Waals surface area (Å²) in [5.74, 6) is 1.63. The normalized spacial score (nSPS) is 18.5. The van der Waals surface area contributed by atoms with Crippen molar-refractivity contribution in [1.29, 1.82) is 0 Å². The van der Waals surface area contributed by atoms with E-state index in [0.29, 0.717) is 71.9 Å². The van der Waals surface area contributed by atoms with Crippen LogP contribution in [0.15, 0.2) is 24.7 Å². The number of hydrogen-bond donors (Lipinski definition) is 3. The second kappa shape index (κ2) is 10.5. The van der Waals surface area contributed by atoms with Crippen molar-refractivity contribution in [3.05, 3.63) is 30.2 Å². The largest absolute Gasteiger partial charge is 0.493 e. The maximum Gasteiger partial charge on any atom is 0.260 e. The Hall–Kier alpha value is -4.06. The number of likely N-dealkylation sites (N-methyl/N-ethyl adjacent to an activating group) is 2. The number of carbonyl (C=O) groups excluding carboxylic acids is 2. The van der Waals surface area contributed by atoms with E-state index in [1.807, 2.05) is 7.05 Å². The Morgan fingerprint density at radius 1 is 1.03 bits per heavy atom. The molecule has 1 aromatic carbocycles. The molecule has 2 aliphatic rings. The van der Waals surface area contributed by atoms with Crippen LogP contribution in [0.3, 0.4) is 0 Å². The van der Waals surface area contributed by atoms with Crippen LogP contribution in [0.1, 0.15) is 5.56 Å². The van der Waals surface area contributed by atoms with Gasteiger partial charge in [0.25, 0.3) is 11.8 Å². The number of methoxy groups -OCH3 is 2. The Morgan fingerprint density at radius 3 is 2.60 bits per heavy atom. The Kier molecular flexibility index (Phi) is 7.20. The quantitative estimate of drug-likeness (QED) is 0.571. The third kappa shape index (κ3) is 5.22. The lowest BCUT2D eigenvalue weighted by molar-refractivity contribution is -0.132. The van der Waals surface area contributed by atoms with Crippen molar-refractivity contribution in [1.82, 2.24) is 19.8 Å². The van der Waals surface area contributed by atoms with Gasteiger partial charge in [-0.05, 0) is 7.05 Å². The van der Waals surface area contributed by atoms with Crippen LogP contribution in [0, 0.1) is 0 Å². The lowest BCUT2D eigenvalue weighted by Gasteiger charge is -2.23. The molecule has 2 amide bonds. The standard InChI is InChI=1S/C23H29N7O5/c1-29-6-5-24-21-19-15(23(32)28-22(19)27-13-26-21)11-25-14-9-16(33-3)20(34-4)17(10-14)35-12-18(31)30(2)8-7-29/h9-11,13,25H,5-8,12H2,1-4H3,(H2,24,26,27,28,32)/b15-11-. The first-order valence-electron chi connectivity index (χ1n) is 11.1. The van der Waals surface area contributed by atoms with Crippen molar-refractivity contribution >= 4 is 34.7 Å². The fourth-order valence-electron chi connectivity index (χ4n) is 3.74. The third-order valence-corrected chi connectivity index (χ3v) is 5.80. The highest BCUT2D eigenvalue weighted by Gasteiger charge is 2.29. The van der Waals surface area contributed by atoms with Gasteiger partial charge in [-0.15, -0.1) is 0 Å². The van der Waals surface area contributed by atoms with Gasteiger partial charge >= 0.3 is 0 Å². The number of anilines is 3. The molecular weight excluding hydrogens is 454 g/mol. The summed E-state index contributed by atoms with van der Waals surface area (Å²) >= 11 is 0. The van der Waals surface area contributed by atoms with Crippen molar-refractivity contribution in [2.24, 2.45) is 0 Å². The zero-order valence-electron chi connectivity index (χ0n) is 20.2. The molecule has 0 saturated heterocycles. The first-order chi connectivity index (χ1) is 16.9. The fourth-order valence-corrected chi connectivity index (χ4v) is 3.74. The molecule has 0 aliphatic carbocycles. The predicted molar refractivity (Wildman–Crippen MR) is 131 cm³/mol. The zero-order valence-corrected chi connectivity index (χ0v) is 20.2. The van der Waals surface area contributed by atoms with E-state index in [2.05, 4.69) is 30.8 Å². The fraction of sp³-hybridized carbons (Fsp3) is 0.391. The van der Waals surface area contributed by atoms with Gasteiger partial charge in [-0.3, -0.25) is 9.59 Å². The van der Waals surface area contributed by atoms with Gasteiger partial charge in [-0.2, -0.15) is 0 Å². The molecular formula is C23H29N7O5. The van der Waals surface area contributed by atoms with E-state index in [9.17, 15) is 9.59 Å². The lowest BCUT2D eigenvalue weighted by atomic mass is 10.1. The van der Waals surface area contributed by atoms with Crippen molar-refractivity contribution in [3.8, 4) is 17.2 Å². The molecule has 0 fully saturated rings. The van der Waals surface area contributed by atoms with Gasteiger partial charge in [0.05, 0.1) is 25.4 Å². The van der Waals surface area contributed by atoms with Crippen LogP contribution >= 0.6 is 0 Å². The molecule has 2 aliphatic heterocycles. The number of nitrogens with one attached hydrogen (secondary N) is 3. The average Bonchev–Trinajstić information content (AvgIpc) is 3.18. The molecule has 2 bridgehead atoms. The molecule has 3 heterocycles. The summed E-state index contributed by atoms with van der Waals surface area (Å²) < 4.78 is 16.7. The first kappa shape index (κ1) is 24.1. The number of ether oxygens (including phenoxy) is 3. The SMILES string of the molecule is COc1cc2cc(c1OC)OCC(=O)N(C)CCN(C)CCNc1ncnc3c1/C(=C/N2)C(=O)N3. The summed E-state index contributed by atoms with van der Waals surface area (Å²) in [6, 6.07) is 3.39. The van der Waals surface area contributed by atoms with Gasteiger partial charge in [-0.1, -0.05) is 0 Å². The van der Waals surface area contributed by atoms with Crippen LogP contribution in [-0.2, 0) is 9.59 Å². The molecule has 12 nitrogen and oxygen atoms in total.